The summed E-state index contributed by atoms with van der Waals surface area (Å²) < 4.78 is 49.6. The van der Waals surface area contributed by atoms with Crippen LogP contribution in [0.2, 0.25) is 0 Å². The Hall–Kier alpha value is -3.82. The SMILES string of the molecule is COc1cc(C=NNC(=O)Cn2ccc(C(F)(F)F)n2)ccc1OCc1ccccc1. The van der Waals surface area contributed by atoms with Gasteiger partial charge in [0.25, 0.3) is 5.91 Å². The number of carbonyl (C=O) groups is 1. The monoisotopic (exact) mass is 432 g/mol. The van der Waals surface area contributed by atoms with Gasteiger partial charge in [-0.05, 0) is 35.4 Å². The quantitative estimate of drug-likeness (QED) is 0.436. The molecule has 0 radical (unpaired) electrons. The van der Waals surface area contributed by atoms with Gasteiger partial charge < -0.3 is 9.47 Å². The van der Waals surface area contributed by atoms with E-state index < -0.39 is 24.3 Å². The van der Waals surface area contributed by atoms with Crippen LogP contribution in [0.25, 0.3) is 0 Å². The van der Waals surface area contributed by atoms with Gasteiger partial charge in [-0.25, -0.2) is 5.43 Å². The van der Waals surface area contributed by atoms with E-state index in [9.17, 15) is 18.0 Å². The number of carbonyl (C=O) groups excluding carboxylic acids is 1. The van der Waals surface area contributed by atoms with E-state index in [0.29, 0.717) is 23.7 Å². The first-order chi connectivity index (χ1) is 14.8. The molecule has 0 unspecified atom stereocenters. The van der Waals surface area contributed by atoms with Gasteiger partial charge in [0.15, 0.2) is 17.2 Å². The average Bonchev–Trinajstić information content (AvgIpc) is 3.22. The zero-order valence-electron chi connectivity index (χ0n) is 16.5. The lowest BCUT2D eigenvalue weighted by atomic mass is 10.2. The van der Waals surface area contributed by atoms with Crippen molar-refractivity contribution in [3.63, 3.8) is 0 Å². The lowest BCUT2D eigenvalue weighted by molar-refractivity contribution is -0.141. The average molecular weight is 432 g/mol. The van der Waals surface area contributed by atoms with Crippen LogP contribution < -0.4 is 14.9 Å². The molecule has 1 heterocycles. The Balaban J connectivity index is 1.55. The third-order valence-corrected chi connectivity index (χ3v) is 4.06. The second kappa shape index (κ2) is 9.79. The van der Waals surface area contributed by atoms with Gasteiger partial charge in [-0.15, -0.1) is 0 Å². The molecule has 0 fully saturated rings. The highest BCUT2D eigenvalue weighted by Crippen LogP contribution is 2.28. The van der Waals surface area contributed by atoms with E-state index in [1.165, 1.54) is 13.3 Å². The van der Waals surface area contributed by atoms with Crippen LogP contribution in [0.1, 0.15) is 16.8 Å². The van der Waals surface area contributed by atoms with Crippen LogP contribution in [-0.2, 0) is 24.1 Å². The van der Waals surface area contributed by atoms with Gasteiger partial charge in [-0.3, -0.25) is 9.48 Å². The molecule has 3 rings (SSSR count). The molecular formula is C21H19F3N4O3. The molecule has 162 valence electrons. The molecule has 0 spiro atoms. The van der Waals surface area contributed by atoms with E-state index in [1.807, 2.05) is 30.3 Å². The van der Waals surface area contributed by atoms with Crippen LogP contribution in [0, 0.1) is 0 Å². The third kappa shape index (κ3) is 6.33. The zero-order chi connectivity index (χ0) is 22.3. The molecule has 0 aliphatic heterocycles. The molecule has 0 bridgehead atoms. The summed E-state index contributed by atoms with van der Waals surface area (Å²) in [6, 6.07) is 15.6. The van der Waals surface area contributed by atoms with E-state index in [2.05, 4.69) is 15.6 Å². The second-order valence-electron chi connectivity index (χ2n) is 6.37. The minimum Gasteiger partial charge on any atom is -0.493 e. The van der Waals surface area contributed by atoms with E-state index in [4.69, 9.17) is 9.47 Å². The Morgan fingerprint density at radius 1 is 1.16 bits per heavy atom. The fraction of sp³-hybridized carbons (Fsp3) is 0.190. The number of hydrogen-bond donors (Lipinski definition) is 1. The fourth-order valence-corrected chi connectivity index (χ4v) is 2.58. The van der Waals surface area contributed by atoms with Crippen LogP contribution in [0.5, 0.6) is 11.5 Å². The lowest BCUT2D eigenvalue weighted by Crippen LogP contribution is -2.23. The van der Waals surface area contributed by atoms with Gasteiger partial charge in [-0.1, -0.05) is 30.3 Å². The standard InChI is InChI=1S/C21H19F3N4O3/c1-30-18-11-16(7-8-17(18)31-14-15-5-3-2-4-6-15)12-25-26-20(29)13-28-10-9-19(27-28)21(22,23)24/h2-12H,13-14H2,1H3,(H,26,29). The highest BCUT2D eigenvalue weighted by Gasteiger charge is 2.33. The van der Waals surface area contributed by atoms with Crippen molar-refractivity contribution in [2.24, 2.45) is 5.10 Å². The third-order valence-electron chi connectivity index (χ3n) is 4.06. The Kier molecular flexibility index (Phi) is 6.91. The van der Waals surface area contributed by atoms with E-state index in [-0.39, 0.29) is 0 Å². The van der Waals surface area contributed by atoms with Gasteiger partial charge in [0.05, 0.1) is 13.3 Å². The minimum absolute atomic E-state index is 0.379. The summed E-state index contributed by atoms with van der Waals surface area (Å²) in [5, 5.41) is 7.12. The Morgan fingerprint density at radius 2 is 1.94 bits per heavy atom. The molecule has 0 atom stereocenters. The number of hydrogen-bond acceptors (Lipinski definition) is 5. The van der Waals surface area contributed by atoms with Gasteiger partial charge in [0.1, 0.15) is 13.2 Å². The summed E-state index contributed by atoms with van der Waals surface area (Å²) in [4.78, 5) is 11.8. The van der Waals surface area contributed by atoms with E-state index >= 15 is 0 Å². The number of hydrazone groups is 1. The Labute approximate surface area is 176 Å². The molecule has 31 heavy (non-hydrogen) atoms. The van der Waals surface area contributed by atoms with Crippen molar-refractivity contribution < 1.29 is 27.4 Å². The van der Waals surface area contributed by atoms with Crippen molar-refractivity contribution in [1.82, 2.24) is 15.2 Å². The predicted molar refractivity (Wildman–Crippen MR) is 107 cm³/mol. The zero-order valence-corrected chi connectivity index (χ0v) is 16.5. The minimum atomic E-state index is -4.56. The normalized spacial score (nSPS) is 11.5. The molecule has 1 N–H and O–H groups in total. The van der Waals surface area contributed by atoms with Gasteiger partial charge in [0.2, 0.25) is 0 Å². The number of methoxy groups -OCH3 is 1. The molecule has 3 aromatic rings. The number of nitrogens with one attached hydrogen (secondary N) is 1. The molecule has 2 aromatic carbocycles. The van der Waals surface area contributed by atoms with Gasteiger partial charge in [0, 0.05) is 6.20 Å². The topological polar surface area (TPSA) is 77.7 Å². The van der Waals surface area contributed by atoms with E-state index in [1.54, 1.807) is 18.2 Å². The molecule has 0 saturated carbocycles. The molecule has 1 amide bonds. The van der Waals surface area contributed by atoms with Crippen molar-refractivity contribution in [3.8, 4) is 11.5 Å². The number of rotatable bonds is 8. The van der Waals surface area contributed by atoms with Crippen molar-refractivity contribution in [2.75, 3.05) is 7.11 Å². The van der Waals surface area contributed by atoms with Crippen LogP contribution in [0.4, 0.5) is 13.2 Å². The predicted octanol–water partition coefficient (Wildman–Crippen LogP) is 3.64. The molecule has 7 nitrogen and oxygen atoms in total. The van der Waals surface area contributed by atoms with Crippen molar-refractivity contribution in [1.29, 1.82) is 0 Å². The first kappa shape index (κ1) is 21.9. The smallest absolute Gasteiger partial charge is 0.435 e. The summed E-state index contributed by atoms with van der Waals surface area (Å²) >= 11 is 0. The van der Waals surface area contributed by atoms with Crippen LogP contribution >= 0.6 is 0 Å². The first-order valence-corrected chi connectivity index (χ1v) is 9.12. The maximum atomic E-state index is 12.5. The Morgan fingerprint density at radius 3 is 2.61 bits per heavy atom. The maximum absolute atomic E-state index is 12.5. The van der Waals surface area contributed by atoms with Gasteiger partial charge >= 0.3 is 6.18 Å². The summed E-state index contributed by atoms with van der Waals surface area (Å²) in [5.41, 5.74) is 2.82. The van der Waals surface area contributed by atoms with Crippen LogP contribution in [-0.4, -0.2) is 29.0 Å². The number of aromatic nitrogens is 2. The van der Waals surface area contributed by atoms with Crippen LogP contribution in [0.15, 0.2) is 65.9 Å². The summed E-state index contributed by atoms with van der Waals surface area (Å²) in [6.07, 6.45) is -2.10. The second-order valence-corrected chi connectivity index (χ2v) is 6.37. The number of benzene rings is 2. The summed E-state index contributed by atoms with van der Waals surface area (Å²) in [6.45, 7) is -0.0207. The summed E-state index contributed by atoms with van der Waals surface area (Å²) in [7, 11) is 1.51. The van der Waals surface area contributed by atoms with Gasteiger partial charge in [-0.2, -0.15) is 23.4 Å². The fourth-order valence-electron chi connectivity index (χ4n) is 2.58. The molecule has 0 aliphatic carbocycles. The van der Waals surface area contributed by atoms with Crippen molar-refractivity contribution >= 4 is 12.1 Å². The molecule has 0 aliphatic rings. The molecular weight excluding hydrogens is 413 g/mol. The maximum Gasteiger partial charge on any atom is 0.435 e. The molecule has 1 aromatic heterocycles. The Bertz CT molecular complexity index is 1050. The highest BCUT2D eigenvalue weighted by atomic mass is 19.4. The largest absolute Gasteiger partial charge is 0.493 e. The lowest BCUT2D eigenvalue weighted by Gasteiger charge is -2.11. The number of halogens is 3. The molecule has 10 heteroatoms. The van der Waals surface area contributed by atoms with Crippen molar-refractivity contribution in [3.05, 3.63) is 77.6 Å². The van der Waals surface area contributed by atoms with Crippen LogP contribution in [0.3, 0.4) is 0 Å². The highest BCUT2D eigenvalue weighted by molar-refractivity contribution is 5.83. The number of amides is 1. The molecule has 0 saturated heterocycles. The van der Waals surface area contributed by atoms with E-state index in [0.717, 1.165) is 22.5 Å². The first-order valence-electron chi connectivity index (χ1n) is 9.12. The number of nitrogens with zero attached hydrogens (tertiary/aromatic N) is 3. The van der Waals surface area contributed by atoms with Crippen molar-refractivity contribution in [2.45, 2.75) is 19.3 Å². The summed E-state index contributed by atoms with van der Waals surface area (Å²) in [5.74, 6) is 0.414. The number of ether oxygens (including phenoxy) is 2. The number of alkyl halides is 3.